The summed E-state index contributed by atoms with van der Waals surface area (Å²) in [5, 5.41) is 16.4. The molecule has 5 aliphatic heterocycles. The molecule has 3 fully saturated rings. The normalized spacial score (nSPS) is 23.9. The average Bonchev–Trinajstić information content (AvgIpc) is 3.78. The first-order valence-corrected chi connectivity index (χ1v) is 20.2. The number of halogens is 3. The molecular weight excluding hydrogens is 778 g/mol. The molecule has 6 heterocycles. The number of benzene rings is 3. The summed E-state index contributed by atoms with van der Waals surface area (Å²) in [6.45, 7) is 2.81. The summed E-state index contributed by atoms with van der Waals surface area (Å²) in [5.74, 6) is -1.66. The molecule has 3 amide bonds. The first-order chi connectivity index (χ1) is 28.9. The lowest BCUT2D eigenvalue weighted by Gasteiger charge is -2.43. The summed E-state index contributed by atoms with van der Waals surface area (Å²) in [4.78, 5) is 47.7. The van der Waals surface area contributed by atoms with E-state index >= 15 is 0 Å². The number of nitrogens with zero attached hydrogens (tertiary/aromatic N) is 4. The number of hydrogen-bond acceptors (Lipinski definition) is 11. The quantitative estimate of drug-likeness (QED) is 0.151. The highest BCUT2D eigenvalue weighted by molar-refractivity contribution is 6.05. The predicted molar refractivity (Wildman–Crippen MR) is 215 cm³/mol. The third-order valence-electron chi connectivity index (χ3n) is 12.7. The number of likely N-dealkylation sites (tertiary alicyclic amines) is 1. The molecule has 5 aliphatic rings. The van der Waals surface area contributed by atoms with Crippen LogP contribution in [0.25, 0.3) is 16.6 Å². The maximum absolute atomic E-state index is 14.9. The summed E-state index contributed by atoms with van der Waals surface area (Å²) in [5.41, 5.74) is 15.5. The van der Waals surface area contributed by atoms with Crippen LogP contribution in [0, 0.1) is 5.82 Å². The zero-order valence-electron chi connectivity index (χ0n) is 32.7. The lowest BCUT2D eigenvalue weighted by atomic mass is 9.87. The number of allylic oxidation sites excluding steroid dienone is 1. The molecule has 9 rings (SSSR count). The van der Waals surface area contributed by atoms with Gasteiger partial charge in [-0.25, -0.2) is 18.2 Å². The number of rotatable bonds is 9. The summed E-state index contributed by atoms with van der Waals surface area (Å²) >= 11 is 0. The number of phenols is 1. The van der Waals surface area contributed by atoms with Crippen molar-refractivity contribution < 1.29 is 37.4 Å². The first-order valence-electron chi connectivity index (χ1n) is 20.2. The minimum Gasteiger partial charge on any atom is -0.504 e. The topological polar surface area (TPSA) is 179 Å². The van der Waals surface area contributed by atoms with Crippen LogP contribution < -0.4 is 26.8 Å². The number of para-hydroxylation sites is 1. The monoisotopic (exact) mass is 822 g/mol. The van der Waals surface area contributed by atoms with Gasteiger partial charge in [-0.05, 0) is 97.4 Å². The Balaban J connectivity index is 0.824. The number of aromatic nitrogens is 1. The fourth-order valence-corrected chi connectivity index (χ4v) is 9.44. The maximum Gasteiger partial charge on any atom is 0.263 e. The molecule has 312 valence electrons. The molecule has 0 aliphatic carbocycles. The van der Waals surface area contributed by atoms with Crippen LogP contribution in [0.5, 0.6) is 11.6 Å². The molecule has 0 spiro atoms. The van der Waals surface area contributed by atoms with Crippen molar-refractivity contribution in [2.45, 2.75) is 75.2 Å². The second-order valence-electron chi connectivity index (χ2n) is 16.4. The highest BCUT2D eigenvalue weighted by Crippen LogP contribution is 2.42. The molecule has 4 aromatic rings. The Hall–Kier alpha value is -6.29. The molecule has 7 N–H and O–H groups in total. The van der Waals surface area contributed by atoms with E-state index in [1.807, 2.05) is 30.3 Å². The highest BCUT2D eigenvalue weighted by atomic mass is 19.3. The smallest absolute Gasteiger partial charge is 0.263 e. The van der Waals surface area contributed by atoms with Crippen LogP contribution in [0.3, 0.4) is 0 Å². The van der Waals surface area contributed by atoms with Crippen LogP contribution in [-0.2, 0) is 22.7 Å². The van der Waals surface area contributed by atoms with E-state index in [2.05, 4.69) is 27.7 Å². The molecule has 3 saturated heterocycles. The van der Waals surface area contributed by atoms with E-state index < -0.39 is 41.6 Å². The zero-order chi connectivity index (χ0) is 41.9. The van der Waals surface area contributed by atoms with Gasteiger partial charge in [0.05, 0.1) is 17.8 Å². The van der Waals surface area contributed by atoms with E-state index in [1.165, 1.54) is 23.1 Å². The lowest BCUT2D eigenvalue weighted by Crippen LogP contribution is -2.59. The van der Waals surface area contributed by atoms with E-state index in [-0.39, 0.29) is 60.5 Å². The number of amides is 3. The molecule has 0 bridgehead atoms. The zero-order valence-corrected chi connectivity index (χ0v) is 32.7. The van der Waals surface area contributed by atoms with Gasteiger partial charge < -0.3 is 36.4 Å². The highest BCUT2D eigenvalue weighted by Gasteiger charge is 2.55. The molecule has 3 unspecified atom stereocenters. The molecule has 0 radical (unpaired) electrons. The van der Waals surface area contributed by atoms with Crippen molar-refractivity contribution >= 4 is 34.3 Å². The fraction of sp³-hybridized carbons (Fsp3) is 0.364. The minimum absolute atomic E-state index is 0.0119. The average molecular weight is 823 g/mol. The van der Waals surface area contributed by atoms with Crippen molar-refractivity contribution in [2.75, 3.05) is 26.2 Å². The number of ether oxygens (including phenoxy) is 1. The third-order valence-corrected chi connectivity index (χ3v) is 12.7. The largest absolute Gasteiger partial charge is 0.504 e. The van der Waals surface area contributed by atoms with Gasteiger partial charge in [0, 0.05) is 60.8 Å². The van der Waals surface area contributed by atoms with E-state index in [0.29, 0.717) is 35.8 Å². The van der Waals surface area contributed by atoms with Gasteiger partial charge in [-0.15, -0.1) is 0 Å². The second-order valence-corrected chi connectivity index (χ2v) is 16.4. The number of pyridine rings is 1. The summed E-state index contributed by atoms with van der Waals surface area (Å²) in [6, 6.07) is 19.1. The fourth-order valence-electron chi connectivity index (χ4n) is 9.44. The maximum atomic E-state index is 14.9. The Bertz CT molecular complexity index is 2470. The molecule has 3 atom stereocenters. The van der Waals surface area contributed by atoms with Gasteiger partial charge in [0.15, 0.2) is 11.6 Å². The summed E-state index contributed by atoms with van der Waals surface area (Å²) < 4.78 is 50.2. The van der Waals surface area contributed by atoms with Crippen molar-refractivity contribution in [3.8, 4) is 11.6 Å². The van der Waals surface area contributed by atoms with Gasteiger partial charge in [0.2, 0.25) is 17.7 Å². The summed E-state index contributed by atoms with van der Waals surface area (Å²) in [6.07, 6.45) is 0.315. The number of carbonyl (C=O) groups excluding carboxylic acids is 3. The van der Waals surface area contributed by atoms with Crippen LogP contribution in [0.1, 0.15) is 70.6 Å². The number of fused-ring (bicyclic) bond motifs is 3. The number of carbonyl (C=O) groups is 3. The lowest BCUT2D eigenvalue weighted by molar-refractivity contribution is -0.136. The Kier molecular flexibility index (Phi) is 10.0. The number of imide groups is 1. The van der Waals surface area contributed by atoms with Gasteiger partial charge in [-0.2, -0.15) is 0 Å². The molecule has 0 saturated carbocycles. The number of aromatic hydroxyl groups is 1. The van der Waals surface area contributed by atoms with Crippen LogP contribution in [0.4, 0.5) is 13.2 Å². The van der Waals surface area contributed by atoms with Crippen LogP contribution in [0.2, 0.25) is 0 Å². The number of alkyl halides is 2. The molecular formula is C44H45F3N8O5. The molecule has 1 aromatic heterocycles. The first kappa shape index (κ1) is 39.2. The minimum atomic E-state index is -2.78. The number of phenolic OH excluding ortho intramolecular Hbond substituents is 1. The van der Waals surface area contributed by atoms with E-state index in [0.717, 1.165) is 60.6 Å². The standard InChI is InChI=1S/C44H45F3N8O5/c45-32-3-1-2-30(39(32)57)33(48)18-36-40(49)50-23-44(43(46)47)19-29(22-55(36)44)60-38-11-7-27-16-24(4-8-34(27)51-38)20-53-14-12-25(13-15-53)26-5-6-28-21-54(42(59)31(28)17-26)35-9-10-37(56)52-41(35)58/h1-8,11,16-18,25,29,35,43,50,57H,9-10,12-15,19-23,48-49H2,(H,52,56,58)/b33-18-. The van der Waals surface area contributed by atoms with E-state index in [1.54, 1.807) is 11.0 Å². The number of hydrogen-bond donors (Lipinski definition) is 5. The number of nitrogens with two attached hydrogens (primary N) is 2. The van der Waals surface area contributed by atoms with E-state index in [4.69, 9.17) is 21.2 Å². The van der Waals surface area contributed by atoms with Crippen LogP contribution in [-0.4, -0.2) is 92.8 Å². The molecule has 60 heavy (non-hydrogen) atoms. The SMILES string of the molecule is NC1=C(/C=C(\N)c2cccc(F)c2O)N2CC(Oc3ccc4cc(CN5CCC(c6ccc7c(c6)C(=O)N(C6CCC(=O)NC6=O)C7)CC5)ccc4n3)CC2(C(F)F)CN1. The predicted octanol–water partition coefficient (Wildman–Crippen LogP) is 4.41. The van der Waals surface area contributed by atoms with E-state index in [9.17, 15) is 32.7 Å². The van der Waals surface area contributed by atoms with Gasteiger partial charge >= 0.3 is 0 Å². The van der Waals surface area contributed by atoms with Gasteiger partial charge in [-0.3, -0.25) is 24.6 Å². The molecule has 3 aromatic carbocycles. The van der Waals surface area contributed by atoms with Crippen molar-refractivity contribution in [2.24, 2.45) is 11.5 Å². The number of nitrogens with one attached hydrogen (secondary N) is 2. The van der Waals surface area contributed by atoms with Gasteiger partial charge in [0.25, 0.3) is 12.3 Å². The van der Waals surface area contributed by atoms with Crippen molar-refractivity contribution in [3.05, 3.63) is 118 Å². The second kappa shape index (κ2) is 15.4. The Morgan fingerprint density at radius 3 is 2.65 bits per heavy atom. The Morgan fingerprint density at radius 1 is 1.05 bits per heavy atom. The Labute approximate surface area is 343 Å². The van der Waals surface area contributed by atoms with Crippen molar-refractivity contribution in [1.82, 2.24) is 30.3 Å². The number of piperidine rings is 2. The van der Waals surface area contributed by atoms with Crippen LogP contribution >= 0.6 is 0 Å². The third kappa shape index (κ3) is 7.11. The van der Waals surface area contributed by atoms with Crippen molar-refractivity contribution in [1.29, 1.82) is 0 Å². The van der Waals surface area contributed by atoms with Crippen LogP contribution in [0.15, 0.2) is 84.3 Å². The van der Waals surface area contributed by atoms with Gasteiger partial charge in [-0.1, -0.05) is 24.3 Å². The van der Waals surface area contributed by atoms with Gasteiger partial charge in [0.1, 0.15) is 23.5 Å². The van der Waals surface area contributed by atoms with Crippen molar-refractivity contribution in [3.63, 3.8) is 0 Å². The Morgan fingerprint density at radius 2 is 1.87 bits per heavy atom. The molecule has 13 nitrogen and oxygen atoms in total. The molecule has 16 heteroatoms. The summed E-state index contributed by atoms with van der Waals surface area (Å²) in [7, 11) is 0.